The van der Waals surface area contributed by atoms with E-state index in [4.69, 9.17) is 0 Å². The minimum absolute atomic E-state index is 0.400. The lowest BCUT2D eigenvalue weighted by Crippen LogP contribution is -2.36. The molecule has 0 spiro atoms. The molecule has 1 heterocycles. The van der Waals surface area contributed by atoms with Gasteiger partial charge in [0.15, 0.2) is 0 Å². The van der Waals surface area contributed by atoms with Crippen molar-refractivity contribution in [2.24, 2.45) is 5.92 Å². The van der Waals surface area contributed by atoms with Crippen LogP contribution in [0.4, 0.5) is 0 Å². The van der Waals surface area contributed by atoms with Gasteiger partial charge in [-0.3, -0.25) is 4.79 Å². The van der Waals surface area contributed by atoms with Crippen LogP contribution in [0.3, 0.4) is 0 Å². The number of carbonyl (C=O) groups excluding carboxylic acids is 1. The van der Waals surface area contributed by atoms with E-state index in [0.29, 0.717) is 5.91 Å². The molecule has 1 amide bonds. The number of carbonyl (C=O) groups is 1. The summed E-state index contributed by atoms with van der Waals surface area (Å²) in [6.45, 7) is 2.04. The van der Waals surface area contributed by atoms with Crippen LogP contribution in [0.15, 0.2) is 0 Å². The van der Waals surface area contributed by atoms with Crippen molar-refractivity contribution in [3.05, 3.63) is 0 Å². The molecule has 2 heteroatoms. The zero-order valence-corrected chi connectivity index (χ0v) is 11.1. The van der Waals surface area contributed by atoms with E-state index in [1.54, 1.807) is 0 Å². The predicted octanol–water partition coefficient (Wildman–Crippen LogP) is 3.75. The molecule has 2 fully saturated rings. The van der Waals surface area contributed by atoms with E-state index in [9.17, 15) is 4.79 Å². The zero-order valence-electron chi connectivity index (χ0n) is 11.1. The molecule has 1 aliphatic carbocycles. The highest BCUT2D eigenvalue weighted by atomic mass is 16.2. The largest absolute Gasteiger partial charge is 0.343 e. The van der Waals surface area contributed by atoms with Gasteiger partial charge >= 0.3 is 0 Å². The van der Waals surface area contributed by atoms with Crippen LogP contribution in [0.25, 0.3) is 0 Å². The highest BCUT2D eigenvalue weighted by molar-refractivity contribution is 5.76. The molecular weight excluding hydrogens is 210 g/mol. The van der Waals surface area contributed by atoms with Crippen LogP contribution in [0.1, 0.15) is 70.6 Å². The van der Waals surface area contributed by atoms with Gasteiger partial charge in [-0.15, -0.1) is 0 Å². The third kappa shape index (κ3) is 4.33. The summed E-state index contributed by atoms with van der Waals surface area (Å²) in [4.78, 5) is 13.8. The second kappa shape index (κ2) is 7.03. The van der Waals surface area contributed by atoms with Crippen LogP contribution in [0.2, 0.25) is 0 Å². The Kier molecular flexibility index (Phi) is 5.34. The third-order valence-corrected chi connectivity index (χ3v) is 4.44. The molecule has 0 bridgehead atoms. The SMILES string of the molecule is O=C1CCCCN1CCCC1CCCCCC1. The number of nitrogens with zero attached hydrogens (tertiary/aromatic N) is 1. The lowest BCUT2D eigenvalue weighted by atomic mass is 9.95. The summed E-state index contributed by atoms with van der Waals surface area (Å²) < 4.78 is 0. The van der Waals surface area contributed by atoms with Crippen molar-refractivity contribution in [3.8, 4) is 0 Å². The fourth-order valence-corrected chi connectivity index (χ4v) is 3.32. The van der Waals surface area contributed by atoms with Crippen molar-refractivity contribution in [1.82, 2.24) is 4.90 Å². The molecule has 0 unspecified atom stereocenters. The quantitative estimate of drug-likeness (QED) is 0.682. The number of rotatable bonds is 4. The number of likely N-dealkylation sites (tertiary alicyclic amines) is 1. The summed E-state index contributed by atoms with van der Waals surface area (Å²) in [6, 6.07) is 0. The second-order valence-electron chi connectivity index (χ2n) is 5.84. The Morgan fingerprint density at radius 2 is 1.76 bits per heavy atom. The predicted molar refractivity (Wildman–Crippen MR) is 70.9 cm³/mol. The summed E-state index contributed by atoms with van der Waals surface area (Å²) in [7, 11) is 0. The van der Waals surface area contributed by atoms with Crippen LogP contribution in [0, 0.1) is 5.92 Å². The van der Waals surface area contributed by atoms with Crippen molar-refractivity contribution in [3.63, 3.8) is 0 Å². The highest BCUT2D eigenvalue weighted by Gasteiger charge is 2.18. The maximum Gasteiger partial charge on any atom is 0.222 e. The average molecular weight is 237 g/mol. The maximum absolute atomic E-state index is 11.7. The average Bonchev–Trinajstić information content (AvgIpc) is 2.60. The first-order valence-corrected chi connectivity index (χ1v) is 7.64. The number of hydrogen-bond donors (Lipinski definition) is 0. The summed E-state index contributed by atoms with van der Waals surface area (Å²) in [5, 5.41) is 0. The van der Waals surface area contributed by atoms with Gasteiger partial charge in [-0.2, -0.15) is 0 Å². The molecule has 0 aromatic rings. The molecule has 1 aliphatic heterocycles. The van der Waals surface area contributed by atoms with Gasteiger partial charge in [-0.25, -0.2) is 0 Å². The van der Waals surface area contributed by atoms with Gasteiger partial charge in [0.1, 0.15) is 0 Å². The first kappa shape index (κ1) is 12.9. The fourth-order valence-electron chi connectivity index (χ4n) is 3.32. The van der Waals surface area contributed by atoms with E-state index >= 15 is 0 Å². The number of piperidine rings is 1. The van der Waals surface area contributed by atoms with Crippen LogP contribution in [0.5, 0.6) is 0 Å². The van der Waals surface area contributed by atoms with Crippen LogP contribution >= 0.6 is 0 Å². The molecule has 0 radical (unpaired) electrons. The Morgan fingerprint density at radius 3 is 2.47 bits per heavy atom. The topological polar surface area (TPSA) is 20.3 Å². The molecule has 2 rings (SSSR count). The van der Waals surface area contributed by atoms with Crippen molar-refractivity contribution in [2.45, 2.75) is 70.6 Å². The highest BCUT2D eigenvalue weighted by Crippen LogP contribution is 2.26. The first-order chi connectivity index (χ1) is 8.36. The monoisotopic (exact) mass is 237 g/mol. The normalized spacial score (nSPS) is 23.8. The minimum Gasteiger partial charge on any atom is -0.343 e. The Hall–Kier alpha value is -0.530. The third-order valence-electron chi connectivity index (χ3n) is 4.44. The molecule has 0 aromatic heterocycles. The molecule has 98 valence electrons. The molecule has 2 nitrogen and oxygen atoms in total. The summed E-state index contributed by atoms with van der Waals surface area (Å²) in [5.74, 6) is 1.36. The van der Waals surface area contributed by atoms with Crippen molar-refractivity contribution in [2.75, 3.05) is 13.1 Å². The van der Waals surface area contributed by atoms with Crippen molar-refractivity contribution < 1.29 is 4.79 Å². The molecule has 0 N–H and O–H groups in total. The lowest BCUT2D eigenvalue weighted by molar-refractivity contribution is -0.133. The van der Waals surface area contributed by atoms with E-state index in [1.807, 2.05) is 0 Å². The second-order valence-corrected chi connectivity index (χ2v) is 5.84. The smallest absolute Gasteiger partial charge is 0.222 e. The summed E-state index contributed by atoms with van der Waals surface area (Å²) in [6.07, 6.45) is 14.3. The number of hydrogen-bond acceptors (Lipinski definition) is 1. The van der Waals surface area contributed by atoms with Gasteiger partial charge < -0.3 is 4.90 Å². The van der Waals surface area contributed by atoms with E-state index < -0.39 is 0 Å². The molecule has 1 saturated carbocycles. The van der Waals surface area contributed by atoms with Crippen LogP contribution in [-0.4, -0.2) is 23.9 Å². The van der Waals surface area contributed by atoms with Gasteiger partial charge in [0.25, 0.3) is 0 Å². The molecule has 17 heavy (non-hydrogen) atoms. The Bertz CT molecular complexity index is 231. The molecule has 0 aromatic carbocycles. The van der Waals surface area contributed by atoms with Crippen molar-refractivity contribution >= 4 is 5.91 Å². The van der Waals surface area contributed by atoms with Gasteiger partial charge in [-0.1, -0.05) is 38.5 Å². The Labute approximate surface area is 106 Å². The summed E-state index contributed by atoms with van der Waals surface area (Å²) in [5.41, 5.74) is 0. The zero-order chi connectivity index (χ0) is 11.9. The van der Waals surface area contributed by atoms with Crippen LogP contribution < -0.4 is 0 Å². The Morgan fingerprint density at radius 1 is 1.00 bits per heavy atom. The van der Waals surface area contributed by atoms with E-state index in [0.717, 1.165) is 31.8 Å². The molecule has 0 atom stereocenters. The summed E-state index contributed by atoms with van der Waals surface area (Å²) >= 11 is 0. The van der Waals surface area contributed by atoms with Crippen molar-refractivity contribution in [1.29, 1.82) is 0 Å². The van der Waals surface area contributed by atoms with E-state index in [2.05, 4.69) is 4.90 Å². The number of amides is 1. The lowest BCUT2D eigenvalue weighted by Gasteiger charge is -2.27. The van der Waals surface area contributed by atoms with E-state index in [1.165, 1.54) is 57.8 Å². The standard InChI is InChI=1S/C15H27NO/c17-15-11-5-6-12-16(15)13-7-10-14-8-3-1-2-4-9-14/h14H,1-13H2. The molecule has 2 aliphatic rings. The van der Waals surface area contributed by atoms with E-state index in [-0.39, 0.29) is 0 Å². The molecular formula is C15H27NO. The van der Waals surface area contributed by atoms with Crippen LogP contribution in [-0.2, 0) is 4.79 Å². The fraction of sp³-hybridized carbons (Fsp3) is 0.933. The van der Waals surface area contributed by atoms with Gasteiger partial charge in [0.2, 0.25) is 5.91 Å². The van der Waals surface area contributed by atoms with Gasteiger partial charge in [0.05, 0.1) is 0 Å². The Balaban J connectivity index is 1.62. The maximum atomic E-state index is 11.7. The first-order valence-electron chi connectivity index (χ1n) is 7.64. The molecule has 1 saturated heterocycles. The van der Waals surface area contributed by atoms with Gasteiger partial charge in [-0.05, 0) is 31.6 Å². The van der Waals surface area contributed by atoms with Gasteiger partial charge in [0, 0.05) is 19.5 Å². The minimum atomic E-state index is 0.400.